The van der Waals surface area contributed by atoms with E-state index in [4.69, 9.17) is 17.0 Å². The number of carbonyl (C=O) groups excluding carboxylic acids is 1. The Bertz CT molecular complexity index is 1040. The minimum Gasteiger partial charge on any atom is -0.465 e. The minimum absolute atomic E-state index is 0.119. The van der Waals surface area contributed by atoms with Gasteiger partial charge in [-0.1, -0.05) is 30.3 Å². The number of hydrogen-bond donors (Lipinski definition) is 2. The molecule has 3 aromatic rings. The Morgan fingerprint density at radius 3 is 2.62 bits per heavy atom. The second kappa shape index (κ2) is 9.22. The molecule has 0 bridgehead atoms. The third kappa shape index (κ3) is 5.33. The van der Waals surface area contributed by atoms with Crippen LogP contribution in [0.2, 0.25) is 0 Å². The Morgan fingerprint density at radius 1 is 1.24 bits per heavy atom. The second-order valence-electron chi connectivity index (χ2n) is 5.85. The van der Waals surface area contributed by atoms with Crippen molar-refractivity contribution >= 4 is 51.1 Å². The predicted octanol–water partition coefficient (Wildman–Crippen LogP) is 4.24. The normalized spacial score (nSPS) is 10.2. The number of esters is 1. The summed E-state index contributed by atoms with van der Waals surface area (Å²) in [5.74, 6) is -0.131. The Hall–Kier alpha value is -3.37. The van der Waals surface area contributed by atoms with Gasteiger partial charge in [0.25, 0.3) is 5.69 Å². The van der Waals surface area contributed by atoms with Gasteiger partial charge in [0.1, 0.15) is 17.0 Å². The summed E-state index contributed by atoms with van der Waals surface area (Å²) in [6.07, 6.45) is 1.80. The van der Waals surface area contributed by atoms with Crippen LogP contribution in [0.3, 0.4) is 0 Å². The van der Waals surface area contributed by atoms with Crippen LogP contribution in [0.15, 0.2) is 54.7 Å². The van der Waals surface area contributed by atoms with Gasteiger partial charge in [-0.15, -0.1) is 11.3 Å². The highest BCUT2D eigenvalue weighted by Crippen LogP contribution is 2.30. The summed E-state index contributed by atoms with van der Waals surface area (Å²) in [6.45, 7) is 0. The number of aromatic nitrogens is 1. The Morgan fingerprint density at radius 2 is 2.00 bits per heavy atom. The minimum atomic E-state index is -0.532. The van der Waals surface area contributed by atoms with Crippen LogP contribution in [-0.4, -0.2) is 28.1 Å². The molecule has 0 radical (unpaired) electrons. The molecule has 0 unspecified atom stereocenters. The Kier molecular flexibility index (Phi) is 6.47. The molecule has 148 valence electrons. The summed E-state index contributed by atoms with van der Waals surface area (Å²) < 4.78 is 4.86. The standard InChI is InChI=1S/C19H16N4O4S2/c1-27-18(24)15-10-14(9-12-5-3-2-4-6-12)29-17(15)22-19(28)21-16-8-7-13(11-20-16)23(25)26/h2-8,10-11H,9H2,1H3,(H2,20,21,22,28). The zero-order chi connectivity index (χ0) is 20.8. The fourth-order valence-electron chi connectivity index (χ4n) is 2.50. The van der Waals surface area contributed by atoms with Gasteiger partial charge in [0.2, 0.25) is 0 Å². The number of thiophene rings is 1. The van der Waals surface area contributed by atoms with Gasteiger partial charge in [0.15, 0.2) is 5.11 Å². The van der Waals surface area contributed by atoms with Gasteiger partial charge in [-0.3, -0.25) is 10.1 Å². The molecule has 0 aliphatic carbocycles. The molecule has 0 atom stereocenters. The topological polar surface area (TPSA) is 106 Å². The maximum Gasteiger partial charge on any atom is 0.340 e. The van der Waals surface area contributed by atoms with Crippen LogP contribution >= 0.6 is 23.6 Å². The van der Waals surface area contributed by atoms with E-state index in [0.717, 1.165) is 16.6 Å². The molecule has 10 heteroatoms. The molecule has 0 saturated carbocycles. The summed E-state index contributed by atoms with van der Waals surface area (Å²) in [6, 6.07) is 14.4. The van der Waals surface area contributed by atoms with Gasteiger partial charge in [-0.25, -0.2) is 9.78 Å². The first-order chi connectivity index (χ1) is 14.0. The van der Waals surface area contributed by atoms with E-state index in [1.54, 1.807) is 6.07 Å². The number of carbonyl (C=O) groups is 1. The largest absolute Gasteiger partial charge is 0.465 e. The van der Waals surface area contributed by atoms with Crippen LogP contribution in [0.5, 0.6) is 0 Å². The van der Waals surface area contributed by atoms with Crippen molar-refractivity contribution < 1.29 is 14.5 Å². The molecule has 8 nitrogen and oxygen atoms in total. The highest BCUT2D eigenvalue weighted by atomic mass is 32.1. The molecule has 3 rings (SSSR count). The number of benzene rings is 1. The number of rotatable bonds is 6. The lowest BCUT2D eigenvalue weighted by Crippen LogP contribution is -2.20. The van der Waals surface area contributed by atoms with E-state index >= 15 is 0 Å². The summed E-state index contributed by atoms with van der Waals surface area (Å²) in [4.78, 5) is 27.2. The lowest BCUT2D eigenvalue weighted by Gasteiger charge is -2.09. The third-order valence-electron chi connectivity index (χ3n) is 3.84. The van der Waals surface area contributed by atoms with E-state index in [9.17, 15) is 14.9 Å². The average molecular weight is 428 g/mol. The predicted molar refractivity (Wildman–Crippen MR) is 116 cm³/mol. The average Bonchev–Trinajstić information content (AvgIpc) is 3.10. The zero-order valence-corrected chi connectivity index (χ0v) is 16.9. The quantitative estimate of drug-likeness (QED) is 0.260. The number of methoxy groups -OCH3 is 1. The van der Waals surface area contributed by atoms with E-state index in [1.165, 1.54) is 30.6 Å². The van der Waals surface area contributed by atoms with E-state index in [2.05, 4.69) is 15.6 Å². The van der Waals surface area contributed by atoms with Crippen molar-refractivity contribution in [3.05, 3.63) is 80.8 Å². The van der Waals surface area contributed by atoms with Crippen molar-refractivity contribution in [1.29, 1.82) is 0 Å². The molecule has 0 fully saturated rings. The van der Waals surface area contributed by atoms with Crippen LogP contribution in [-0.2, 0) is 11.2 Å². The lowest BCUT2D eigenvalue weighted by molar-refractivity contribution is -0.385. The number of thiocarbonyl (C=S) groups is 1. The molecule has 2 heterocycles. The first-order valence-corrected chi connectivity index (χ1v) is 9.62. The molecule has 0 saturated heterocycles. The van der Waals surface area contributed by atoms with Crippen LogP contribution in [0.25, 0.3) is 0 Å². The zero-order valence-electron chi connectivity index (χ0n) is 15.2. The van der Waals surface area contributed by atoms with Gasteiger partial charge in [0, 0.05) is 17.4 Å². The SMILES string of the molecule is COC(=O)c1cc(Cc2ccccc2)sc1NC(=S)Nc1ccc([N+](=O)[O-])cn1. The second-order valence-corrected chi connectivity index (χ2v) is 7.39. The fraction of sp³-hybridized carbons (Fsp3) is 0.105. The number of ether oxygens (including phenoxy) is 1. The fourth-order valence-corrected chi connectivity index (χ4v) is 3.85. The molecular weight excluding hydrogens is 412 g/mol. The number of nitrogens with one attached hydrogen (secondary N) is 2. The molecule has 0 aliphatic rings. The number of nitrogens with zero attached hydrogens (tertiary/aromatic N) is 2. The number of hydrogen-bond acceptors (Lipinski definition) is 7. The van der Waals surface area contributed by atoms with Crippen molar-refractivity contribution in [2.45, 2.75) is 6.42 Å². The van der Waals surface area contributed by atoms with E-state index in [1.807, 2.05) is 30.3 Å². The molecule has 0 spiro atoms. The van der Waals surface area contributed by atoms with Gasteiger partial charge in [-0.05, 0) is 29.9 Å². The molecule has 2 aromatic heterocycles. The van der Waals surface area contributed by atoms with Crippen molar-refractivity contribution in [2.24, 2.45) is 0 Å². The highest BCUT2D eigenvalue weighted by molar-refractivity contribution is 7.80. The molecule has 0 amide bonds. The Balaban J connectivity index is 1.74. The number of anilines is 2. The van der Waals surface area contributed by atoms with E-state index in [-0.39, 0.29) is 10.8 Å². The van der Waals surface area contributed by atoms with Crippen molar-refractivity contribution in [1.82, 2.24) is 4.98 Å². The molecular formula is C19H16N4O4S2. The van der Waals surface area contributed by atoms with Gasteiger partial charge < -0.3 is 15.4 Å². The molecule has 2 N–H and O–H groups in total. The lowest BCUT2D eigenvalue weighted by atomic mass is 10.1. The monoisotopic (exact) mass is 428 g/mol. The third-order valence-corrected chi connectivity index (χ3v) is 5.09. The van der Waals surface area contributed by atoms with Gasteiger partial charge in [0.05, 0.1) is 17.6 Å². The maximum absolute atomic E-state index is 12.1. The van der Waals surface area contributed by atoms with Crippen LogP contribution < -0.4 is 10.6 Å². The summed E-state index contributed by atoms with van der Waals surface area (Å²) >= 11 is 6.68. The molecule has 1 aromatic carbocycles. The smallest absolute Gasteiger partial charge is 0.340 e. The highest BCUT2D eigenvalue weighted by Gasteiger charge is 2.18. The first-order valence-electron chi connectivity index (χ1n) is 8.39. The number of pyridine rings is 1. The number of nitro groups is 1. The van der Waals surface area contributed by atoms with Crippen molar-refractivity contribution in [2.75, 3.05) is 17.7 Å². The summed E-state index contributed by atoms with van der Waals surface area (Å²) in [7, 11) is 1.32. The van der Waals surface area contributed by atoms with E-state index < -0.39 is 10.9 Å². The van der Waals surface area contributed by atoms with E-state index in [0.29, 0.717) is 22.8 Å². The Labute approximate surface area is 175 Å². The summed E-state index contributed by atoms with van der Waals surface area (Å²) in [5, 5.41) is 17.3. The van der Waals surface area contributed by atoms with Crippen molar-refractivity contribution in [3.8, 4) is 0 Å². The molecule has 29 heavy (non-hydrogen) atoms. The van der Waals surface area contributed by atoms with Gasteiger partial charge in [-0.2, -0.15) is 0 Å². The van der Waals surface area contributed by atoms with Gasteiger partial charge >= 0.3 is 5.97 Å². The molecule has 0 aliphatic heterocycles. The maximum atomic E-state index is 12.1. The summed E-state index contributed by atoms with van der Waals surface area (Å²) in [5.41, 5.74) is 1.38. The van der Waals surface area contributed by atoms with Crippen LogP contribution in [0.4, 0.5) is 16.5 Å². The van der Waals surface area contributed by atoms with Crippen molar-refractivity contribution in [3.63, 3.8) is 0 Å². The first kappa shape index (κ1) is 20.4. The van der Waals surface area contributed by atoms with Crippen LogP contribution in [0.1, 0.15) is 20.8 Å². The van der Waals surface area contributed by atoms with Crippen LogP contribution in [0, 0.1) is 10.1 Å².